The number of carbonyl (C=O) groups excluding carboxylic acids is 3. The van der Waals surface area contributed by atoms with Crippen molar-refractivity contribution in [2.24, 2.45) is 7.05 Å². The zero-order valence-corrected chi connectivity index (χ0v) is 21.5. The van der Waals surface area contributed by atoms with Gasteiger partial charge in [-0.3, -0.25) is 28.4 Å². The number of nitrogens with zero attached hydrogens (tertiary/aromatic N) is 4. The van der Waals surface area contributed by atoms with E-state index in [1.165, 1.54) is 60.7 Å². The lowest BCUT2D eigenvalue weighted by atomic mass is 10.1. The predicted octanol–water partition coefficient (Wildman–Crippen LogP) is 3.19. The highest BCUT2D eigenvalue weighted by Crippen LogP contribution is 2.18. The largest absolute Gasteiger partial charge is 0.340 e. The van der Waals surface area contributed by atoms with Crippen LogP contribution in [0.4, 0.5) is 4.39 Å². The first-order chi connectivity index (χ1) is 19.1. The van der Waals surface area contributed by atoms with Crippen molar-refractivity contribution in [1.29, 1.82) is 0 Å². The first-order valence-electron chi connectivity index (χ1n) is 11.8. The summed E-state index contributed by atoms with van der Waals surface area (Å²) in [6, 6.07) is 17.5. The Kier molecular flexibility index (Phi) is 6.97. The predicted molar refractivity (Wildman–Crippen MR) is 144 cm³/mol. The maximum absolute atomic E-state index is 14.9. The lowest BCUT2D eigenvalue weighted by Gasteiger charge is -2.21. The number of carbonyl (C=O) groups is 3. The van der Waals surface area contributed by atoms with Gasteiger partial charge < -0.3 is 5.32 Å². The van der Waals surface area contributed by atoms with Crippen LogP contribution in [-0.4, -0.2) is 36.5 Å². The van der Waals surface area contributed by atoms with Crippen molar-refractivity contribution in [3.63, 3.8) is 0 Å². The van der Waals surface area contributed by atoms with Gasteiger partial charge in [0.15, 0.2) is 6.17 Å². The van der Waals surface area contributed by atoms with Crippen molar-refractivity contribution in [1.82, 2.24) is 24.2 Å². The molecule has 2 aromatic heterocycles. The molecule has 40 heavy (non-hydrogen) atoms. The Labute approximate surface area is 229 Å². The number of ketones is 1. The topological polar surface area (TPSA) is 125 Å². The second kappa shape index (κ2) is 10.5. The molecule has 200 valence electrons. The summed E-state index contributed by atoms with van der Waals surface area (Å²) in [4.78, 5) is 66.1. The van der Waals surface area contributed by atoms with E-state index in [2.05, 4.69) is 10.4 Å². The summed E-state index contributed by atoms with van der Waals surface area (Å²) < 4.78 is 17.1. The van der Waals surface area contributed by atoms with Crippen molar-refractivity contribution in [2.45, 2.75) is 6.17 Å². The molecule has 1 N–H and O–H groups in total. The first-order valence-corrected chi connectivity index (χ1v) is 12.2. The van der Waals surface area contributed by atoms with E-state index in [1.807, 2.05) is 0 Å². The summed E-state index contributed by atoms with van der Waals surface area (Å²) in [5, 5.41) is 7.66. The van der Waals surface area contributed by atoms with Crippen LogP contribution in [0.1, 0.15) is 37.2 Å². The highest BCUT2D eigenvalue weighted by molar-refractivity contribution is 6.30. The smallest absolute Gasteiger partial charge is 0.325 e. The summed E-state index contributed by atoms with van der Waals surface area (Å²) in [6.07, 6.45) is 0.339. The van der Waals surface area contributed by atoms with Gasteiger partial charge >= 0.3 is 5.69 Å². The maximum Gasteiger partial charge on any atom is 0.340 e. The van der Waals surface area contributed by atoms with E-state index < -0.39 is 40.8 Å². The summed E-state index contributed by atoms with van der Waals surface area (Å²) in [7, 11) is 1.72. The maximum atomic E-state index is 14.9. The lowest BCUT2D eigenvalue weighted by molar-refractivity contribution is 0.0806. The molecule has 12 heteroatoms. The Hall–Kier alpha value is -5.16. The number of amides is 1. The molecule has 0 aliphatic heterocycles. The fourth-order valence-electron chi connectivity index (χ4n) is 4.15. The minimum absolute atomic E-state index is 0.0249. The van der Waals surface area contributed by atoms with Gasteiger partial charge in [-0.1, -0.05) is 29.8 Å². The molecule has 2 heterocycles. The van der Waals surface area contributed by atoms with Crippen LogP contribution in [0.3, 0.4) is 0 Å². The summed E-state index contributed by atoms with van der Waals surface area (Å²) in [5.74, 6) is -4.19. The number of hydrogen-bond acceptors (Lipinski definition) is 6. The summed E-state index contributed by atoms with van der Waals surface area (Å²) in [5.41, 5.74) is -2.11. The molecule has 1 amide bonds. The van der Waals surface area contributed by atoms with Crippen molar-refractivity contribution in [3.05, 3.63) is 134 Å². The average molecular weight is 560 g/mol. The number of nitrogens with one attached hydrogen (secondary N) is 1. The molecule has 3 aromatic carbocycles. The van der Waals surface area contributed by atoms with Gasteiger partial charge in [-0.2, -0.15) is 14.1 Å². The number of Topliss-reactive ketones (excluding diaryl/α,β-unsaturated/α-hetero) is 1. The van der Waals surface area contributed by atoms with Gasteiger partial charge in [0, 0.05) is 40.3 Å². The van der Waals surface area contributed by atoms with E-state index in [0.717, 1.165) is 0 Å². The number of aromatic nitrogens is 4. The molecule has 0 saturated carbocycles. The minimum atomic E-state index is -1.84. The second-order valence-corrected chi connectivity index (χ2v) is 9.24. The molecule has 0 fully saturated rings. The van der Waals surface area contributed by atoms with Crippen LogP contribution in [-0.2, 0) is 7.05 Å². The molecule has 5 aromatic rings. The van der Waals surface area contributed by atoms with E-state index in [1.54, 1.807) is 30.1 Å². The van der Waals surface area contributed by atoms with Gasteiger partial charge in [-0.05, 0) is 54.6 Å². The molecule has 0 bridgehead atoms. The number of hydrogen-bond donors (Lipinski definition) is 1. The molecule has 1 atom stereocenters. The number of halogens is 2. The average Bonchev–Trinajstić information content (AvgIpc) is 3.33. The molecule has 10 nitrogen and oxygen atoms in total. The molecule has 5 rings (SSSR count). The lowest BCUT2D eigenvalue weighted by Crippen LogP contribution is -2.50. The van der Waals surface area contributed by atoms with Gasteiger partial charge in [0.2, 0.25) is 11.6 Å². The molecular weight excluding hydrogens is 541 g/mol. The zero-order chi connectivity index (χ0) is 28.6. The van der Waals surface area contributed by atoms with Crippen LogP contribution < -0.4 is 16.6 Å². The number of rotatable bonds is 6. The van der Waals surface area contributed by atoms with Gasteiger partial charge in [0.25, 0.3) is 17.4 Å². The summed E-state index contributed by atoms with van der Waals surface area (Å²) in [6.45, 7) is 0. The Morgan fingerprint density at radius 1 is 0.900 bits per heavy atom. The van der Waals surface area contributed by atoms with E-state index in [-0.39, 0.29) is 21.3 Å². The zero-order valence-electron chi connectivity index (χ0n) is 20.7. The van der Waals surface area contributed by atoms with Crippen molar-refractivity contribution in [2.75, 3.05) is 0 Å². The van der Waals surface area contributed by atoms with Gasteiger partial charge in [-0.25, -0.2) is 4.79 Å². The van der Waals surface area contributed by atoms with Crippen LogP contribution in [0.5, 0.6) is 0 Å². The third kappa shape index (κ3) is 4.97. The van der Waals surface area contributed by atoms with Crippen LogP contribution in [0.2, 0.25) is 5.02 Å². The third-order valence-electron chi connectivity index (χ3n) is 6.10. The van der Waals surface area contributed by atoms with Crippen molar-refractivity contribution in [3.8, 4) is 0 Å². The molecule has 1 unspecified atom stereocenters. The van der Waals surface area contributed by atoms with E-state index in [4.69, 9.17) is 11.6 Å². The molecule has 0 radical (unpaired) electrons. The van der Waals surface area contributed by atoms with Gasteiger partial charge in [0.05, 0.1) is 11.7 Å². The standard InChI is InChI=1S/C28H19ClFN5O5/c1-33-14-19-13-18(9-12-22(19)32-33)25(37)31-24(23(36)16-7-10-20(29)11-8-16)34-15-21(30)27(39)35(28(34)40)26(38)17-5-3-2-4-6-17/h2-15,24H,1H3,(H,31,37). The summed E-state index contributed by atoms with van der Waals surface area (Å²) >= 11 is 5.94. The van der Waals surface area contributed by atoms with Crippen LogP contribution in [0.15, 0.2) is 94.8 Å². The first kappa shape index (κ1) is 26.4. The molecule has 0 spiro atoms. The minimum Gasteiger partial charge on any atom is -0.325 e. The number of benzene rings is 3. The Bertz CT molecular complexity index is 1910. The highest BCUT2D eigenvalue weighted by atomic mass is 35.5. The SMILES string of the molecule is Cn1cc2cc(C(=O)NC(C(=O)c3ccc(Cl)cc3)n3cc(F)c(=O)n(C(=O)c4ccccc4)c3=O)ccc2n1. The highest BCUT2D eigenvalue weighted by Gasteiger charge is 2.29. The van der Waals surface area contributed by atoms with E-state index in [9.17, 15) is 28.4 Å². The number of fused-ring (bicyclic) bond motifs is 1. The van der Waals surface area contributed by atoms with Crippen LogP contribution in [0, 0.1) is 5.82 Å². The Morgan fingerprint density at radius 2 is 1.57 bits per heavy atom. The van der Waals surface area contributed by atoms with Gasteiger partial charge in [0.1, 0.15) is 0 Å². The van der Waals surface area contributed by atoms with Crippen LogP contribution >= 0.6 is 11.6 Å². The monoisotopic (exact) mass is 559 g/mol. The normalized spacial score (nSPS) is 11.8. The molecule has 0 saturated heterocycles. The molecule has 0 aliphatic rings. The third-order valence-corrected chi connectivity index (χ3v) is 6.35. The van der Waals surface area contributed by atoms with Gasteiger partial charge in [-0.15, -0.1) is 0 Å². The van der Waals surface area contributed by atoms with E-state index in [0.29, 0.717) is 26.7 Å². The second-order valence-electron chi connectivity index (χ2n) is 8.80. The van der Waals surface area contributed by atoms with E-state index >= 15 is 0 Å². The number of aryl methyl sites for hydroxylation is 1. The fraction of sp³-hybridized carbons (Fsp3) is 0.0714. The van der Waals surface area contributed by atoms with Crippen molar-refractivity contribution < 1.29 is 18.8 Å². The Morgan fingerprint density at radius 3 is 2.27 bits per heavy atom. The molecular formula is C28H19ClFN5O5. The Balaban J connectivity index is 1.63. The van der Waals surface area contributed by atoms with Crippen LogP contribution in [0.25, 0.3) is 10.9 Å². The quantitative estimate of drug-likeness (QED) is 0.319. The molecule has 0 aliphatic carbocycles. The van der Waals surface area contributed by atoms with Crippen molar-refractivity contribution >= 4 is 40.1 Å². The fourth-order valence-corrected chi connectivity index (χ4v) is 4.27.